The van der Waals surface area contributed by atoms with Crippen LogP contribution in [0.3, 0.4) is 0 Å². The summed E-state index contributed by atoms with van der Waals surface area (Å²) >= 11 is 0. The lowest BCUT2D eigenvalue weighted by atomic mass is 10.1. The van der Waals surface area contributed by atoms with Crippen LogP contribution >= 0.6 is 0 Å². The van der Waals surface area contributed by atoms with Crippen molar-refractivity contribution in [2.45, 2.75) is 50.7 Å². The third-order valence-electron chi connectivity index (χ3n) is 3.85. The number of nitrogens with two attached hydrogens (primary N) is 1. The van der Waals surface area contributed by atoms with Crippen LogP contribution in [-0.2, 0) is 22.3 Å². The normalized spacial score (nSPS) is 26.9. The first-order valence-corrected chi connectivity index (χ1v) is 7.15. The van der Waals surface area contributed by atoms with E-state index in [1.165, 1.54) is 0 Å². The number of rotatable bonds is 4. The van der Waals surface area contributed by atoms with E-state index in [1.807, 2.05) is 6.20 Å². The van der Waals surface area contributed by atoms with Crippen LogP contribution in [0, 0.1) is 0 Å². The molecule has 0 aliphatic carbocycles. The van der Waals surface area contributed by atoms with E-state index in [0.29, 0.717) is 5.82 Å². The van der Waals surface area contributed by atoms with Gasteiger partial charge in [-0.05, 0) is 25.7 Å². The zero-order valence-corrected chi connectivity index (χ0v) is 11.2. The van der Waals surface area contributed by atoms with Gasteiger partial charge in [-0.1, -0.05) is 0 Å². The van der Waals surface area contributed by atoms with Gasteiger partial charge < -0.3 is 15.2 Å². The Labute approximate surface area is 113 Å². The van der Waals surface area contributed by atoms with Crippen LogP contribution in [0.2, 0.25) is 0 Å². The first kappa shape index (κ1) is 12.8. The van der Waals surface area contributed by atoms with E-state index < -0.39 is 0 Å². The zero-order valence-electron chi connectivity index (χ0n) is 11.2. The van der Waals surface area contributed by atoms with E-state index in [2.05, 4.69) is 9.97 Å². The molecule has 104 valence electrons. The van der Waals surface area contributed by atoms with Crippen LogP contribution < -0.4 is 5.73 Å². The molecular weight excluding hydrogens is 242 g/mol. The molecule has 3 heterocycles. The standard InChI is InChI=1S/C14H21N3O2/c15-14-10(7-11-3-1-5-18-11)9-16-13(17-14)8-12-4-2-6-19-12/h9,11-12H,1-8H2,(H2,15,16,17). The van der Waals surface area contributed by atoms with Gasteiger partial charge in [0.1, 0.15) is 11.6 Å². The highest BCUT2D eigenvalue weighted by Gasteiger charge is 2.20. The predicted octanol–water partition coefficient (Wildman–Crippen LogP) is 1.50. The van der Waals surface area contributed by atoms with E-state index >= 15 is 0 Å². The minimum absolute atomic E-state index is 0.267. The van der Waals surface area contributed by atoms with Crippen molar-refractivity contribution in [1.29, 1.82) is 0 Å². The molecule has 2 N–H and O–H groups in total. The number of anilines is 1. The number of ether oxygens (including phenoxy) is 2. The summed E-state index contributed by atoms with van der Waals surface area (Å²) in [5.41, 5.74) is 7.03. The summed E-state index contributed by atoms with van der Waals surface area (Å²) in [5.74, 6) is 1.39. The highest BCUT2D eigenvalue weighted by molar-refractivity contribution is 5.38. The molecule has 5 nitrogen and oxygen atoms in total. The van der Waals surface area contributed by atoms with Gasteiger partial charge in [-0.3, -0.25) is 0 Å². The van der Waals surface area contributed by atoms with Crippen molar-refractivity contribution < 1.29 is 9.47 Å². The molecular formula is C14H21N3O2. The molecule has 1 aromatic rings. The number of nitrogens with zero attached hydrogens (tertiary/aromatic N) is 2. The highest BCUT2D eigenvalue weighted by atomic mass is 16.5. The molecule has 2 aliphatic heterocycles. The summed E-state index contributed by atoms with van der Waals surface area (Å²) < 4.78 is 11.2. The van der Waals surface area contributed by atoms with E-state index in [1.54, 1.807) is 0 Å². The predicted molar refractivity (Wildman–Crippen MR) is 71.8 cm³/mol. The van der Waals surface area contributed by atoms with Crippen LogP contribution in [-0.4, -0.2) is 35.4 Å². The summed E-state index contributed by atoms with van der Waals surface area (Å²) in [6, 6.07) is 0. The Balaban J connectivity index is 1.63. The topological polar surface area (TPSA) is 70.3 Å². The Morgan fingerprint density at radius 1 is 1.11 bits per heavy atom. The SMILES string of the molecule is Nc1nc(CC2CCCO2)ncc1CC1CCCO1. The van der Waals surface area contributed by atoms with Crippen molar-refractivity contribution in [3.8, 4) is 0 Å². The number of hydrogen-bond acceptors (Lipinski definition) is 5. The van der Waals surface area contributed by atoms with Gasteiger partial charge in [0.15, 0.2) is 0 Å². The second-order valence-corrected chi connectivity index (χ2v) is 5.38. The molecule has 3 rings (SSSR count). The maximum atomic E-state index is 6.03. The Kier molecular flexibility index (Phi) is 3.94. The monoisotopic (exact) mass is 263 g/mol. The number of nitrogen functional groups attached to an aromatic ring is 1. The molecule has 2 unspecified atom stereocenters. The van der Waals surface area contributed by atoms with Gasteiger partial charge in [-0.25, -0.2) is 9.97 Å². The Bertz CT molecular complexity index is 427. The molecule has 1 aromatic heterocycles. The maximum Gasteiger partial charge on any atom is 0.133 e. The minimum Gasteiger partial charge on any atom is -0.383 e. The van der Waals surface area contributed by atoms with E-state index in [4.69, 9.17) is 15.2 Å². The summed E-state index contributed by atoms with van der Waals surface area (Å²) in [7, 11) is 0. The lowest BCUT2D eigenvalue weighted by Crippen LogP contribution is -2.15. The van der Waals surface area contributed by atoms with E-state index in [-0.39, 0.29) is 12.2 Å². The second-order valence-electron chi connectivity index (χ2n) is 5.38. The van der Waals surface area contributed by atoms with E-state index in [0.717, 1.165) is 63.1 Å². The van der Waals surface area contributed by atoms with Crippen LogP contribution in [0.5, 0.6) is 0 Å². The zero-order chi connectivity index (χ0) is 13.1. The molecule has 0 spiro atoms. The van der Waals surface area contributed by atoms with Crippen molar-refractivity contribution >= 4 is 5.82 Å². The average Bonchev–Trinajstić information content (AvgIpc) is 3.05. The highest BCUT2D eigenvalue weighted by Crippen LogP contribution is 2.20. The van der Waals surface area contributed by atoms with Crippen LogP contribution in [0.1, 0.15) is 37.1 Å². The van der Waals surface area contributed by atoms with Crippen molar-refractivity contribution in [1.82, 2.24) is 9.97 Å². The summed E-state index contributed by atoms with van der Waals surface area (Å²) in [6.07, 6.45) is 8.49. The fourth-order valence-electron chi connectivity index (χ4n) is 2.77. The molecule has 2 aliphatic rings. The first-order valence-electron chi connectivity index (χ1n) is 7.15. The maximum absolute atomic E-state index is 6.03. The van der Waals surface area contributed by atoms with Gasteiger partial charge in [0, 0.05) is 37.8 Å². The average molecular weight is 263 g/mol. The fraction of sp³-hybridized carbons (Fsp3) is 0.714. The molecule has 2 saturated heterocycles. The molecule has 5 heteroatoms. The van der Waals surface area contributed by atoms with Crippen molar-refractivity contribution in [3.63, 3.8) is 0 Å². The fourth-order valence-corrected chi connectivity index (χ4v) is 2.77. The Morgan fingerprint density at radius 3 is 2.37 bits per heavy atom. The van der Waals surface area contributed by atoms with Gasteiger partial charge >= 0.3 is 0 Å². The third-order valence-corrected chi connectivity index (χ3v) is 3.85. The minimum atomic E-state index is 0.267. The van der Waals surface area contributed by atoms with Gasteiger partial charge in [0.25, 0.3) is 0 Å². The van der Waals surface area contributed by atoms with E-state index in [9.17, 15) is 0 Å². The smallest absolute Gasteiger partial charge is 0.133 e. The molecule has 0 aromatic carbocycles. The van der Waals surface area contributed by atoms with Crippen molar-refractivity contribution in [3.05, 3.63) is 17.6 Å². The van der Waals surface area contributed by atoms with Crippen molar-refractivity contribution in [2.24, 2.45) is 0 Å². The lowest BCUT2D eigenvalue weighted by Gasteiger charge is -2.12. The quantitative estimate of drug-likeness (QED) is 0.891. The number of aromatic nitrogens is 2. The largest absolute Gasteiger partial charge is 0.383 e. The van der Waals surface area contributed by atoms with Gasteiger partial charge in [-0.15, -0.1) is 0 Å². The third kappa shape index (κ3) is 3.22. The van der Waals surface area contributed by atoms with Gasteiger partial charge in [0.05, 0.1) is 12.2 Å². The molecule has 0 radical (unpaired) electrons. The molecule has 0 saturated carbocycles. The molecule has 0 amide bonds. The molecule has 0 bridgehead atoms. The summed E-state index contributed by atoms with van der Waals surface area (Å²) in [4.78, 5) is 8.83. The molecule has 19 heavy (non-hydrogen) atoms. The Morgan fingerprint density at radius 2 is 1.79 bits per heavy atom. The second kappa shape index (κ2) is 5.84. The molecule has 2 atom stereocenters. The van der Waals surface area contributed by atoms with Crippen LogP contribution in [0.4, 0.5) is 5.82 Å². The lowest BCUT2D eigenvalue weighted by molar-refractivity contribution is 0.109. The summed E-state index contributed by atoms with van der Waals surface area (Å²) in [6.45, 7) is 1.72. The van der Waals surface area contributed by atoms with Gasteiger partial charge in [0.2, 0.25) is 0 Å². The van der Waals surface area contributed by atoms with Crippen LogP contribution in [0.25, 0.3) is 0 Å². The Hall–Kier alpha value is -1.20. The first-order chi connectivity index (χ1) is 9.31. The van der Waals surface area contributed by atoms with Crippen LogP contribution in [0.15, 0.2) is 6.20 Å². The summed E-state index contributed by atoms with van der Waals surface area (Å²) in [5, 5.41) is 0. The van der Waals surface area contributed by atoms with Gasteiger partial charge in [-0.2, -0.15) is 0 Å². The number of hydrogen-bond donors (Lipinski definition) is 1. The molecule has 2 fully saturated rings. The van der Waals surface area contributed by atoms with Crippen molar-refractivity contribution in [2.75, 3.05) is 18.9 Å².